The maximum Gasteiger partial charge on any atom is 0.319 e. The smallest absolute Gasteiger partial charge is 0.319 e. The van der Waals surface area contributed by atoms with E-state index in [0.29, 0.717) is 35.5 Å². The Morgan fingerprint density at radius 3 is 2.45 bits per heavy atom. The number of halogens is 4. The molecule has 0 radical (unpaired) electrons. The van der Waals surface area contributed by atoms with Crippen molar-refractivity contribution in [1.29, 1.82) is 0 Å². The highest BCUT2D eigenvalue weighted by atomic mass is 35.5. The molecule has 11 heteroatoms. The van der Waals surface area contributed by atoms with E-state index >= 15 is 4.39 Å². The van der Waals surface area contributed by atoms with E-state index in [9.17, 15) is 5.11 Å². The fourth-order valence-corrected chi connectivity index (χ4v) is 6.64. The van der Waals surface area contributed by atoms with Gasteiger partial charge in [-0.25, -0.2) is 4.39 Å². The van der Waals surface area contributed by atoms with Crippen molar-refractivity contribution in [1.82, 2.24) is 20.2 Å². The van der Waals surface area contributed by atoms with Crippen LogP contribution in [0.1, 0.15) is 26.7 Å². The van der Waals surface area contributed by atoms with E-state index in [1.807, 2.05) is 38.4 Å². The summed E-state index contributed by atoms with van der Waals surface area (Å²) in [5.74, 6) is 0.116. The van der Waals surface area contributed by atoms with Gasteiger partial charge >= 0.3 is 6.01 Å². The Morgan fingerprint density at radius 2 is 1.76 bits per heavy atom. The molecule has 2 bridgehead atoms. The van der Waals surface area contributed by atoms with E-state index in [1.54, 1.807) is 18.2 Å². The van der Waals surface area contributed by atoms with E-state index < -0.39 is 5.82 Å². The molecule has 42 heavy (non-hydrogen) atoms. The molecule has 4 aromatic rings. The number of fused-ring (bicyclic) bond motifs is 4. The molecule has 1 aromatic heterocycles. The molecule has 2 aliphatic heterocycles. The Hall–Kier alpha value is -2.62. The molecule has 6 rings (SSSR count). The van der Waals surface area contributed by atoms with Crippen molar-refractivity contribution in [3.63, 3.8) is 0 Å². The number of phenols is 1. The Balaban J connectivity index is 0.00000202. The second kappa shape index (κ2) is 12.5. The first kappa shape index (κ1) is 32.3. The lowest BCUT2D eigenvalue weighted by Crippen LogP contribution is -2.51. The number of hydrogen-bond acceptors (Lipinski definition) is 7. The number of phenolic OH excluding ortho intramolecular Hbond substituents is 1. The van der Waals surface area contributed by atoms with Gasteiger partial charge in [-0.05, 0) is 61.5 Å². The van der Waals surface area contributed by atoms with Gasteiger partial charge in [0.1, 0.15) is 17.1 Å². The van der Waals surface area contributed by atoms with E-state index in [-0.39, 0.29) is 58.1 Å². The van der Waals surface area contributed by atoms with E-state index in [2.05, 4.69) is 33.9 Å². The third-order valence-corrected chi connectivity index (χ3v) is 8.11. The normalized spacial score (nSPS) is 18.3. The maximum absolute atomic E-state index is 16.7. The second-order valence-electron chi connectivity index (χ2n) is 12.2. The standard InChI is InChI=1S/C31H35ClFN5O2.2ClH/c1-31(2,16-37(3)4)17-40-30-35-28-24(29(36-30)38-14-19-9-10-20(15-38)34-19)13-25(32)26(27(28)33)23-12-21(39)11-18-7-5-6-8-22(18)23;;/h5-8,11-13,19-20,34,39H,9-10,14-17H2,1-4H3;2*1H/t19-,20+;;. The van der Waals surface area contributed by atoms with Crippen LogP contribution in [0.2, 0.25) is 5.02 Å². The van der Waals surface area contributed by atoms with E-state index in [1.165, 1.54) is 0 Å². The van der Waals surface area contributed by atoms with Crippen LogP contribution in [0.25, 0.3) is 32.8 Å². The molecule has 0 spiro atoms. The van der Waals surface area contributed by atoms with Crippen LogP contribution in [0.3, 0.4) is 0 Å². The lowest BCUT2D eigenvalue weighted by atomic mass is 9.94. The van der Waals surface area contributed by atoms with Crippen LogP contribution in [0.15, 0.2) is 42.5 Å². The van der Waals surface area contributed by atoms with E-state index in [4.69, 9.17) is 21.3 Å². The lowest BCUT2D eigenvalue weighted by molar-refractivity contribution is 0.133. The minimum Gasteiger partial charge on any atom is -0.508 e. The fraction of sp³-hybridized carbons (Fsp3) is 0.419. The molecule has 0 saturated carbocycles. The van der Waals surface area contributed by atoms with Crippen molar-refractivity contribution in [3.05, 3.63) is 53.3 Å². The van der Waals surface area contributed by atoms with Gasteiger partial charge in [0.15, 0.2) is 5.82 Å². The first-order chi connectivity index (χ1) is 19.1. The van der Waals surface area contributed by atoms with Gasteiger partial charge in [-0.2, -0.15) is 9.97 Å². The van der Waals surface area contributed by atoms with Gasteiger partial charge in [0, 0.05) is 48.1 Å². The van der Waals surface area contributed by atoms with Crippen LogP contribution in [-0.4, -0.2) is 72.4 Å². The van der Waals surface area contributed by atoms with E-state index in [0.717, 1.165) is 43.2 Å². The molecule has 226 valence electrons. The largest absolute Gasteiger partial charge is 0.508 e. The van der Waals surface area contributed by atoms with Crippen molar-refractivity contribution >= 4 is 63.9 Å². The number of rotatable bonds is 7. The number of benzene rings is 3. The Morgan fingerprint density at radius 1 is 1.07 bits per heavy atom. The minimum absolute atomic E-state index is 0. The summed E-state index contributed by atoms with van der Waals surface area (Å²) in [6, 6.07) is 13.4. The molecule has 0 unspecified atom stereocenters. The zero-order valence-corrected chi connectivity index (χ0v) is 26.5. The average molecular weight is 637 g/mol. The van der Waals surface area contributed by atoms with Crippen LogP contribution in [0.4, 0.5) is 10.2 Å². The van der Waals surface area contributed by atoms with Gasteiger partial charge < -0.3 is 25.0 Å². The number of anilines is 1. The molecule has 3 heterocycles. The van der Waals surface area contributed by atoms with Gasteiger partial charge in [-0.3, -0.25) is 0 Å². The van der Waals surface area contributed by atoms with Crippen molar-refractivity contribution in [2.45, 2.75) is 38.8 Å². The Labute approximate surface area is 263 Å². The second-order valence-corrected chi connectivity index (χ2v) is 12.6. The van der Waals surface area contributed by atoms with Crippen LogP contribution >= 0.6 is 36.4 Å². The topological polar surface area (TPSA) is 73.8 Å². The number of nitrogens with zero attached hydrogens (tertiary/aromatic N) is 4. The monoisotopic (exact) mass is 635 g/mol. The van der Waals surface area contributed by atoms with Crippen LogP contribution < -0.4 is 15.0 Å². The first-order valence-corrected chi connectivity index (χ1v) is 14.2. The molecule has 2 fully saturated rings. The summed E-state index contributed by atoms with van der Waals surface area (Å²) in [7, 11) is 4.05. The van der Waals surface area contributed by atoms with Crippen molar-refractivity contribution in [3.8, 4) is 22.9 Å². The number of hydrogen-bond donors (Lipinski definition) is 2. The first-order valence-electron chi connectivity index (χ1n) is 13.8. The van der Waals surface area contributed by atoms with Crippen LogP contribution in [0.5, 0.6) is 11.8 Å². The number of nitrogens with one attached hydrogen (secondary N) is 1. The molecule has 2 atom stereocenters. The van der Waals surface area contributed by atoms with Crippen molar-refractivity contribution in [2.24, 2.45) is 5.41 Å². The van der Waals surface area contributed by atoms with Crippen molar-refractivity contribution < 1.29 is 14.2 Å². The molecule has 2 aliphatic rings. The summed E-state index contributed by atoms with van der Waals surface area (Å²) in [5, 5.41) is 16.5. The van der Waals surface area contributed by atoms with Gasteiger partial charge in [-0.15, -0.1) is 24.8 Å². The molecule has 2 saturated heterocycles. The molecule has 3 aromatic carbocycles. The van der Waals surface area contributed by atoms with Gasteiger partial charge in [-0.1, -0.05) is 49.7 Å². The lowest BCUT2D eigenvalue weighted by Gasteiger charge is -2.34. The Bertz CT molecular complexity index is 1590. The maximum atomic E-state index is 16.7. The zero-order valence-electron chi connectivity index (χ0n) is 24.2. The van der Waals surface area contributed by atoms with Gasteiger partial charge in [0.2, 0.25) is 0 Å². The molecular formula is C31H37Cl3FN5O2. The summed E-state index contributed by atoms with van der Waals surface area (Å²) < 4.78 is 22.8. The molecule has 7 nitrogen and oxygen atoms in total. The molecular weight excluding hydrogens is 600 g/mol. The molecule has 0 amide bonds. The SMILES string of the molecule is CN(C)CC(C)(C)COc1nc(N2C[C@H]3CC[C@@H](C2)N3)c2cc(Cl)c(-c3cc(O)cc4ccccc34)c(F)c2n1.Cl.Cl. The van der Waals surface area contributed by atoms with Gasteiger partial charge in [0.25, 0.3) is 0 Å². The summed E-state index contributed by atoms with van der Waals surface area (Å²) in [6.45, 7) is 6.97. The Kier molecular flexibility index (Phi) is 9.65. The number of aromatic nitrogens is 2. The quantitative estimate of drug-likeness (QED) is 0.234. The highest BCUT2D eigenvalue weighted by Crippen LogP contribution is 2.43. The van der Waals surface area contributed by atoms with Gasteiger partial charge in [0.05, 0.1) is 11.6 Å². The third kappa shape index (κ3) is 6.33. The summed E-state index contributed by atoms with van der Waals surface area (Å²) in [5.41, 5.74) is 0.698. The highest BCUT2D eigenvalue weighted by molar-refractivity contribution is 6.35. The van der Waals surface area contributed by atoms with Crippen LogP contribution in [-0.2, 0) is 0 Å². The van der Waals surface area contributed by atoms with Crippen molar-refractivity contribution in [2.75, 3.05) is 45.2 Å². The number of ether oxygens (including phenoxy) is 1. The third-order valence-electron chi connectivity index (χ3n) is 7.81. The predicted octanol–water partition coefficient (Wildman–Crippen LogP) is 6.70. The molecule has 0 aliphatic carbocycles. The highest BCUT2D eigenvalue weighted by Gasteiger charge is 2.34. The molecule has 2 N–H and O–H groups in total. The van der Waals surface area contributed by atoms with Crippen LogP contribution in [0, 0.1) is 11.2 Å². The summed E-state index contributed by atoms with van der Waals surface area (Å²) in [4.78, 5) is 13.8. The zero-order chi connectivity index (χ0) is 28.2. The summed E-state index contributed by atoms with van der Waals surface area (Å²) in [6.07, 6.45) is 2.21. The summed E-state index contributed by atoms with van der Waals surface area (Å²) >= 11 is 6.84. The number of aromatic hydroxyl groups is 1. The fourth-order valence-electron chi connectivity index (χ4n) is 6.35. The predicted molar refractivity (Wildman–Crippen MR) is 174 cm³/mol. The number of piperazine rings is 1. The minimum atomic E-state index is -0.558. The average Bonchev–Trinajstić information content (AvgIpc) is 3.23.